The summed E-state index contributed by atoms with van der Waals surface area (Å²) < 4.78 is 48.9. The predicted molar refractivity (Wildman–Crippen MR) is 122 cm³/mol. The molecule has 0 bridgehead atoms. The van der Waals surface area contributed by atoms with Gasteiger partial charge in [0.05, 0.1) is 24.1 Å². The van der Waals surface area contributed by atoms with Crippen molar-refractivity contribution in [1.82, 2.24) is 9.97 Å². The number of hydrogen-bond donors (Lipinski definition) is 2. The summed E-state index contributed by atoms with van der Waals surface area (Å²) in [7, 11) is -5.95. The largest absolute Gasteiger partial charge is 0.291 e. The highest BCUT2D eigenvalue weighted by Crippen LogP contribution is 2.28. The molecule has 0 radical (unpaired) electrons. The van der Waals surface area contributed by atoms with E-state index in [1.165, 1.54) is 4.90 Å². The molecule has 2 heterocycles. The number of anilines is 1. The monoisotopic (exact) mass is 498 g/mol. The van der Waals surface area contributed by atoms with Crippen LogP contribution in [-0.2, 0) is 31.4 Å². The quantitative estimate of drug-likeness (QED) is 0.504. The lowest BCUT2D eigenvalue weighted by Crippen LogP contribution is -2.27. The van der Waals surface area contributed by atoms with Crippen LogP contribution in [0.2, 0.25) is 0 Å². The van der Waals surface area contributed by atoms with Gasteiger partial charge in [0.25, 0.3) is 10.1 Å². The average molecular weight is 499 g/mol. The molecule has 0 saturated heterocycles. The molecule has 10 nitrogen and oxygen atoms in total. The smallest absolute Gasteiger partial charge is 0.261 e. The molecule has 0 saturated carbocycles. The summed E-state index contributed by atoms with van der Waals surface area (Å²) in [5.74, 6) is -0.199. The second-order valence-electron chi connectivity index (χ2n) is 6.69. The standard InChI is InChI=1S/C18H18N4O3S2.CH4O3S/c1-12-17(27(19,24)25)26-18(21-12)22(2)16(23)11-13-6-8-14(9-7-13)15-5-3-4-10-20-15;1-5(2,3)4/h3-10H,11H2,1-2H3,(H2,19,24,25);1H3,(H,2,3,4). The van der Waals surface area contributed by atoms with Gasteiger partial charge in [0, 0.05) is 18.8 Å². The molecule has 172 valence electrons. The van der Waals surface area contributed by atoms with E-state index < -0.39 is 20.1 Å². The number of hydrogen-bond acceptors (Lipinski definition) is 8. The Balaban J connectivity index is 0.000000654. The minimum Gasteiger partial charge on any atom is -0.291 e. The number of sulfonamides is 1. The number of rotatable bonds is 5. The molecule has 3 aromatic rings. The van der Waals surface area contributed by atoms with Crippen molar-refractivity contribution in [2.24, 2.45) is 5.14 Å². The lowest BCUT2D eigenvalue weighted by Gasteiger charge is -2.13. The molecule has 0 fully saturated rings. The van der Waals surface area contributed by atoms with Gasteiger partial charge < -0.3 is 0 Å². The van der Waals surface area contributed by atoms with Crippen LogP contribution in [0.1, 0.15) is 11.3 Å². The van der Waals surface area contributed by atoms with Crippen molar-refractivity contribution in [3.8, 4) is 11.3 Å². The van der Waals surface area contributed by atoms with Crippen LogP contribution < -0.4 is 10.0 Å². The van der Waals surface area contributed by atoms with Gasteiger partial charge in [-0.25, -0.2) is 18.5 Å². The van der Waals surface area contributed by atoms with E-state index in [-0.39, 0.29) is 22.2 Å². The minimum absolute atomic E-state index is 0.0307. The van der Waals surface area contributed by atoms with Crippen molar-refractivity contribution in [1.29, 1.82) is 0 Å². The first-order chi connectivity index (χ1) is 14.8. The Kier molecular flexibility index (Phi) is 8.20. The minimum atomic E-state index is -3.85. The molecule has 0 aliphatic heterocycles. The number of carbonyl (C=O) groups excluding carboxylic acids is 1. The van der Waals surface area contributed by atoms with Crippen molar-refractivity contribution >= 4 is 42.5 Å². The number of amides is 1. The van der Waals surface area contributed by atoms with E-state index in [4.69, 9.17) is 9.69 Å². The van der Waals surface area contributed by atoms with Gasteiger partial charge in [-0.1, -0.05) is 41.7 Å². The third kappa shape index (κ3) is 7.76. The molecular weight excluding hydrogens is 476 g/mol. The maximum absolute atomic E-state index is 12.5. The predicted octanol–water partition coefficient (Wildman–Crippen LogP) is 1.87. The molecule has 3 N–H and O–H groups in total. The summed E-state index contributed by atoms with van der Waals surface area (Å²) in [4.78, 5) is 22.3. The van der Waals surface area contributed by atoms with Gasteiger partial charge >= 0.3 is 0 Å². The third-order valence-electron chi connectivity index (χ3n) is 3.93. The van der Waals surface area contributed by atoms with Crippen LogP contribution in [0.15, 0.2) is 52.9 Å². The fraction of sp³-hybridized carbons (Fsp3) is 0.211. The van der Waals surface area contributed by atoms with E-state index in [9.17, 15) is 21.6 Å². The molecular formula is C19H22N4O6S3. The van der Waals surface area contributed by atoms with Gasteiger partial charge in [0.1, 0.15) is 0 Å². The van der Waals surface area contributed by atoms with E-state index in [1.54, 1.807) is 20.2 Å². The van der Waals surface area contributed by atoms with Crippen molar-refractivity contribution in [2.45, 2.75) is 17.6 Å². The maximum atomic E-state index is 12.5. The molecule has 2 aromatic heterocycles. The van der Waals surface area contributed by atoms with Gasteiger partial charge in [0.15, 0.2) is 9.34 Å². The van der Waals surface area contributed by atoms with Gasteiger partial charge in [-0.05, 0) is 24.6 Å². The summed E-state index contributed by atoms with van der Waals surface area (Å²) in [6, 6.07) is 13.3. The second kappa shape index (κ2) is 10.3. The SMILES string of the molecule is CS(=O)(=O)O.Cc1nc(N(C)C(=O)Cc2ccc(-c3ccccn3)cc2)sc1S(N)(=O)=O. The Bertz CT molecular complexity index is 1280. The molecule has 0 aliphatic rings. The Morgan fingerprint density at radius 2 is 1.72 bits per heavy atom. The lowest BCUT2D eigenvalue weighted by molar-refractivity contribution is -0.117. The van der Waals surface area contributed by atoms with E-state index in [0.29, 0.717) is 11.4 Å². The summed E-state index contributed by atoms with van der Waals surface area (Å²) in [6.45, 7) is 1.55. The summed E-state index contributed by atoms with van der Waals surface area (Å²) >= 11 is 0.886. The van der Waals surface area contributed by atoms with Crippen molar-refractivity contribution in [3.63, 3.8) is 0 Å². The summed E-state index contributed by atoms with van der Waals surface area (Å²) in [5, 5.41) is 5.46. The molecule has 0 spiro atoms. The number of thiazole rings is 1. The van der Waals surface area contributed by atoms with Crippen LogP contribution >= 0.6 is 11.3 Å². The summed E-state index contributed by atoms with van der Waals surface area (Å²) in [5.41, 5.74) is 2.96. The van der Waals surface area contributed by atoms with Crippen molar-refractivity contribution in [3.05, 3.63) is 59.9 Å². The summed E-state index contributed by atoms with van der Waals surface area (Å²) in [6.07, 6.45) is 2.61. The van der Waals surface area contributed by atoms with E-state index in [1.807, 2.05) is 42.5 Å². The molecule has 0 atom stereocenters. The number of likely N-dealkylation sites (N-methyl/N-ethyl adjacent to an activating group) is 1. The van der Waals surface area contributed by atoms with Gasteiger partial charge in [0.2, 0.25) is 15.9 Å². The molecule has 0 aliphatic carbocycles. The van der Waals surface area contributed by atoms with Crippen LogP contribution in [0.3, 0.4) is 0 Å². The number of aryl methyl sites for hydroxylation is 1. The van der Waals surface area contributed by atoms with Crippen LogP contribution in [0.25, 0.3) is 11.3 Å². The Hall–Kier alpha value is -2.71. The zero-order valence-corrected chi connectivity index (χ0v) is 19.9. The van der Waals surface area contributed by atoms with Crippen molar-refractivity contribution < 1.29 is 26.2 Å². The van der Waals surface area contributed by atoms with Gasteiger partial charge in [-0.15, -0.1) is 0 Å². The average Bonchev–Trinajstić information content (AvgIpc) is 3.09. The van der Waals surface area contributed by atoms with E-state index in [0.717, 1.165) is 28.2 Å². The van der Waals surface area contributed by atoms with Crippen LogP contribution in [0.5, 0.6) is 0 Å². The third-order valence-corrected chi connectivity index (χ3v) is 6.72. The first kappa shape index (κ1) is 25.5. The molecule has 13 heteroatoms. The number of carbonyl (C=O) groups is 1. The number of primary sulfonamides is 1. The highest BCUT2D eigenvalue weighted by Gasteiger charge is 2.22. The first-order valence-corrected chi connectivity index (χ1v) is 13.2. The van der Waals surface area contributed by atoms with Crippen LogP contribution in [-0.4, -0.2) is 50.6 Å². The molecule has 1 amide bonds. The number of pyridine rings is 1. The first-order valence-electron chi connectivity index (χ1n) is 8.95. The number of nitrogens with zero attached hydrogens (tertiary/aromatic N) is 3. The molecule has 0 unspecified atom stereocenters. The highest BCUT2D eigenvalue weighted by atomic mass is 32.2. The van der Waals surface area contributed by atoms with Gasteiger partial charge in [-0.3, -0.25) is 19.2 Å². The number of nitrogens with two attached hydrogens (primary N) is 1. The molecule has 32 heavy (non-hydrogen) atoms. The fourth-order valence-electron chi connectivity index (χ4n) is 2.50. The topological polar surface area (TPSA) is 161 Å². The molecule has 3 rings (SSSR count). The van der Waals surface area contributed by atoms with E-state index >= 15 is 0 Å². The van der Waals surface area contributed by atoms with E-state index in [2.05, 4.69) is 9.97 Å². The van der Waals surface area contributed by atoms with Crippen LogP contribution in [0, 0.1) is 6.92 Å². The highest BCUT2D eigenvalue weighted by molar-refractivity contribution is 7.91. The zero-order valence-electron chi connectivity index (χ0n) is 17.5. The number of benzene rings is 1. The normalized spacial score (nSPS) is 11.4. The Morgan fingerprint density at radius 1 is 1.12 bits per heavy atom. The van der Waals surface area contributed by atoms with Gasteiger partial charge in [-0.2, -0.15) is 8.42 Å². The fourth-order valence-corrected chi connectivity index (χ4v) is 4.43. The van der Waals surface area contributed by atoms with Crippen LogP contribution in [0.4, 0.5) is 5.13 Å². The Labute approximate surface area is 190 Å². The number of aromatic nitrogens is 2. The van der Waals surface area contributed by atoms with Crippen molar-refractivity contribution in [2.75, 3.05) is 18.2 Å². The molecule has 1 aromatic carbocycles. The zero-order chi connectivity index (χ0) is 24.1. The second-order valence-corrected chi connectivity index (χ2v) is 10.9. The Morgan fingerprint density at radius 3 is 2.19 bits per heavy atom. The lowest BCUT2D eigenvalue weighted by atomic mass is 10.1. The maximum Gasteiger partial charge on any atom is 0.261 e.